The molecule has 0 atom stereocenters. The van der Waals surface area contributed by atoms with Crippen molar-refractivity contribution in [3.63, 3.8) is 0 Å². The van der Waals surface area contributed by atoms with Crippen molar-refractivity contribution in [3.8, 4) is 11.5 Å². The lowest BCUT2D eigenvalue weighted by Gasteiger charge is -2.18. The maximum atomic E-state index is 10.9. The smallest absolute Gasteiger partial charge is 0.126 e. The molecule has 1 heterocycles. The van der Waals surface area contributed by atoms with Gasteiger partial charge in [0.15, 0.2) is 0 Å². The van der Waals surface area contributed by atoms with Crippen LogP contribution in [0.4, 0.5) is 0 Å². The fourth-order valence-corrected chi connectivity index (χ4v) is 4.35. The number of benzene rings is 3. The molecule has 0 amide bonds. The molecule has 0 aliphatic heterocycles. The fourth-order valence-electron chi connectivity index (χ4n) is 4.35. The summed E-state index contributed by atoms with van der Waals surface area (Å²) in [6.45, 7) is 4.16. The van der Waals surface area contributed by atoms with Gasteiger partial charge in [0, 0.05) is 40.8 Å². The first-order valence-electron chi connectivity index (χ1n) is 11.0. The van der Waals surface area contributed by atoms with E-state index in [2.05, 4.69) is 79.2 Å². The Bertz CT molecular complexity index is 1310. The lowest BCUT2D eigenvalue weighted by Crippen LogP contribution is -2.01. The quantitative estimate of drug-likeness (QED) is 0.330. The van der Waals surface area contributed by atoms with Gasteiger partial charge in [-0.3, -0.25) is 0 Å². The highest BCUT2D eigenvalue weighted by molar-refractivity contribution is 6.01. The van der Waals surface area contributed by atoms with Crippen molar-refractivity contribution in [1.29, 1.82) is 0 Å². The lowest BCUT2D eigenvalue weighted by atomic mass is 9.89. The molecule has 1 aromatic heterocycles. The van der Waals surface area contributed by atoms with Gasteiger partial charge in [0.1, 0.15) is 11.5 Å². The van der Waals surface area contributed by atoms with Gasteiger partial charge in [-0.1, -0.05) is 61.5 Å². The van der Waals surface area contributed by atoms with E-state index >= 15 is 0 Å². The normalized spacial score (nSPS) is 12.4. The Hall–Kier alpha value is -3.72. The summed E-state index contributed by atoms with van der Waals surface area (Å²) in [7, 11) is 3.71. The molecule has 0 unspecified atom stereocenters. The minimum atomic E-state index is 0.225. The third-order valence-corrected chi connectivity index (χ3v) is 5.95. The van der Waals surface area contributed by atoms with Crippen molar-refractivity contribution < 1.29 is 9.84 Å². The van der Waals surface area contributed by atoms with E-state index < -0.39 is 0 Å². The Morgan fingerprint density at radius 3 is 2.38 bits per heavy atom. The molecule has 32 heavy (non-hydrogen) atoms. The first-order chi connectivity index (χ1) is 15.6. The second-order valence-corrected chi connectivity index (χ2v) is 7.86. The Labute approximate surface area is 189 Å². The van der Waals surface area contributed by atoms with Crippen LogP contribution in [0.15, 0.2) is 78.9 Å². The zero-order valence-electron chi connectivity index (χ0n) is 19.1. The zero-order valence-corrected chi connectivity index (χ0v) is 19.1. The molecule has 4 aromatic rings. The number of hydrogen-bond donors (Lipinski definition) is 1. The van der Waals surface area contributed by atoms with E-state index in [9.17, 15) is 5.11 Å². The van der Waals surface area contributed by atoms with E-state index in [1.54, 1.807) is 13.2 Å². The lowest BCUT2D eigenvalue weighted by molar-refractivity contribution is 0.407. The van der Waals surface area contributed by atoms with Crippen molar-refractivity contribution in [1.82, 2.24) is 4.57 Å². The zero-order chi connectivity index (χ0) is 22.7. The number of aromatic nitrogens is 1. The summed E-state index contributed by atoms with van der Waals surface area (Å²) in [6.07, 6.45) is 4.91. The van der Waals surface area contributed by atoms with Crippen molar-refractivity contribution in [3.05, 3.63) is 101 Å². The SMILES string of the molecule is C/C=C/c1ccc(/C(=C(/CC)c2ccc(OC)cc2O)c2cc3ccccc3n2C)cc1. The molecule has 3 nitrogen and oxygen atoms in total. The van der Waals surface area contributed by atoms with Crippen LogP contribution in [-0.2, 0) is 7.05 Å². The number of hydrogen-bond acceptors (Lipinski definition) is 2. The number of allylic oxidation sites excluding steroid dienone is 2. The molecular formula is C29H29NO2. The Balaban J connectivity index is 2.02. The molecule has 162 valence electrons. The molecule has 0 radical (unpaired) electrons. The second kappa shape index (κ2) is 9.19. The molecule has 0 fully saturated rings. The van der Waals surface area contributed by atoms with Crippen LogP contribution in [0.1, 0.15) is 42.7 Å². The van der Waals surface area contributed by atoms with Crippen molar-refractivity contribution in [2.45, 2.75) is 20.3 Å². The van der Waals surface area contributed by atoms with E-state index in [0.717, 1.165) is 40.0 Å². The highest BCUT2D eigenvalue weighted by atomic mass is 16.5. The van der Waals surface area contributed by atoms with Gasteiger partial charge in [0.05, 0.1) is 7.11 Å². The number of para-hydroxylation sites is 1. The van der Waals surface area contributed by atoms with Gasteiger partial charge in [0.2, 0.25) is 0 Å². The average Bonchev–Trinajstić information content (AvgIpc) is 3.15. The van der Waals surface area contributed by atoms with Crippen LogP contribution >= 0.6 is 0 Å². The number of nitrogens with zero attached hydrogens (tertiary/aromatic N) is 1. The minimum absolute atomic E-state index is 0.225. The van der Waals surface area contributed by atoms with E-state index in [0.29, 0.717) is 5.75 Å². The molecule has 0 saturated heterocycles. The molecule has 0 bridgehead atoms. The fraction of sp³-hybridized carbons (Fsp3) is 0.172. The van der Waals surface area contributed by atoms with Crippen LogP contribution in [0.25, 0.3) is 28.1 Å². The van der Waals surface area contributed by atoms with Gasteiger partial charge >= 0.3 is 0 Å². The van der Waals surface area contributed by atoms with Crippen LogP contribution in [0, 0.1) is 0 Å². The van der Waals surface area contributed by atoms with Crippen LogP contribution in [0.3, 0.4) is 0 Å². The van der Waals surface area contributed by atoms with Crippen LogP contribution in [-0.4, -0.2) is 16.8 Å². The maximum Gasteiger partial charge on any atom is 0.126 e. The Morgan fingerprint density at radius 2 is 1.75 bits per heavy atom. The number of phenolic OH excluding ortho intramolecular Hbond substituents is 1. The van der Waals surface area contributed by atoms with Crippen molar-refractivity contribution in [2.75, 3.05) is 7.11 Å². The number of methoxy groups -OCH3 is 1. The minimum Gasteiger partial charge on any atom is -0.507 e. The molecule has 1 N–H and O–H groups in total. The third-order valence-electron chi connectivity index (χ3n) is 5.95. The first kappa shape index (κ1) is 21.5. The molecule has 3 aromatic carbocycles. The van der Waals surface area contributed by atoms with E-state index in [4.69, 9.17) is 4.74 Å². The summed E-state index contributed by atoms with van der Waals surface area (Å²) in [5, 5.41) is 12.1. The summed E-state index contributed by atoms with van der Waals surface area (Å²) in [4.78, 5) is 0. The van der Waals surface area contributed by atoms with Gasteiger partial charge in [-0.05, 0) is 54.3 Å². The molecule has 3 heteroatoms. The number of fused-ring (bicyclic) bond motifs is 1. The standard InChI is InChI=1S/C29H29NO2/c1-5-9-20-12-14-21(15-13-20)29(27-18-22-10-7-8-11-26(22)30(27)3)24(6-2)25-17-16-23(32-4)19-28(25)31/h5,7-19,31H,6H2,1-4H3/b9-5+,29-24+. The first-order valence-corrected chi connectivity index (χ1v) is 11.0. The van der Waals surface area contributed by atoms with Crippen LogP contribution < -0.4 is 4.74 Å². The molecule has 0 saturated carbocycles. The number of phenols is 1. The molecule has 0 spiro atoms. The van der Waals surface area contributed by atoms with E-state index in [1.165, 1.54) is 10.9 Å². The maximum absolute atomic E-state index is 10.9. The number of aromatic hydroxyl groups is 1. The highest BCUT2D eigenvalue weighted by Gasteiger charge is 2.19. The van der Waals surface area contributed by atoms with Gasteiger partial charge in [-0.2, -0.15) is 0 Å². The predicted molar refractivity (Wildman–Crippen MR) is 135 cm³/mol. The second-order valence-electron chi connectivity index (χ2n) is 7.86. The third kappa shape index (κ3) is 3.94. The van der Waals surface area contributed by atoms with Crippen LogP contribution in [0.2, 0.25) is 0 Å². The molecule has 0 aliphatic rings. The van der Waals surface area contributed by atoms with Crippen molar-refractivity contribution >= 4 is 28.1 Å². The summed E-state index contributed by atoms with van der Waals surface area (Å²) >= 11 is 0. The highest BCUT2D eigenvalue weighted by Crippen LogP contribution is 2.40. The summed E-state index contributed by atoms with van der Waals surface area (Å²) in [6, 6.07) is 24.8. The Morgan fingerprint density at radius 1 is 1.00 bits per heavy atom. The molecule has 0 aliphatic carbocycles. The van der Waals surface area contributed by atoms with Gasteiger partial charge in [-0.15, -0.1) is 0 Å². The van der Waals surface area contributed by atoms with E-state index in [-0.39, 0.29) is 5.75 Å². The summed E-state index contributed by atoms with van der Waals surface area (Å²) in [5.41, 5.74) is 7.63. The summed E-state index contributed by atoms with van der Waals surface area (Å²) < 4.78 is 7.54. The Kier molecular flexibility index (Phi) is 6.18. The van der Waals surface area contributed by atoms with Gasteiger partial charge in [-0.25, -0.2) is 0 Å². The van der Waals surface area contributed by atoms with Crippen LogP contribution in [0.5, 0.6) is 11.5 Å². The molecule has 4 rings (SSSR count). The summed E-state index contributed by atoms with van der Waals surface area (Å²) in [5.74, 6) is 0.867. The van der Waals surface area contributed by atoms with Gasteiger partial charge < -0.3 is 14.4 Å². The number of ether oxygens (including phenoxy) is 1. The van der Waals surface area contributed by atoms with E-state index in [1.807, 2.05) is 25.1 Å². The van der Waals surface area contributed by atoms with Gasteiger partial charge in [0.25, 0.3) is 0 Å². The monoisotopic (exact) mass is 423 g/mol. The predicted octanol–water partition coefficient (Wildman–Crippen LogP) is 7.29. The van der Waals surface area contributed by atoms with Crippen molar-refractivity contribution in [2.24, 2.45) is 7.05 Å². The number of rotatable bonds is 6. The average molecular weight is 424 g/mol. The number of aryl methyl sites for hydroxylation is 1. The molecular weight excluding hydrogens is 394 g/mol. The largest absolute Gasteiger partial charge is 0.507 e. The topological polar surface area (TPSA) is 34.4 Å².